The highest BCUT2D eigenvalue weighted by atomic mass is 32.1. The van der Waals surface area contributed by atoms with Crippen molar-refractivity contribution in [3.05, 3.63) is 74.8 Å². The number of ketones is 1. The van der Waals surface area contributed by atoms with Crippen LogP contribution in [0.15, 0.2) is 52.1 Å². The van der Waals surface area contributed by atoms with Crippen LogP contribution < -0.4 is 9.64 Å². The second-order valence-electron chi connectivity index (χ2n) is 7.31. The van der Waals surface area contributed by atoms with Gasteiger partial charge in [0.1, 0.15) is 23.3 Å². The van der Waals surface area contributed by atoms with E-state index in [1.54, 1.807) is 32.9 Å². The molecule has 3 heterocycles. The third-order valence-corrected chi connectivity index (χ3v) is 6.01. The van der Waals surface area contributed by atoms with Crippen LogP contribution in [0.25, 0.3) is 0 Å². The van der Waals surface area contributed by atoms with E-state index < -0.39 is 35.6 Å². The first-order valence-corrected chi connectivity index (χ1v) is 10.5. The lowest BCUT2D eigenvalue weighted by Gasteiger charge is -2.25. The van der Waals surface area contributed by atoms with Crippen molar-refractivity contribution in [2.24, 2.45) is 0 Å². The highest BCUT2D eigenvalue weighted by Gasteiger charge is 2.47. The van der Waals surface area contributed by atoms with E-state index in [0.29, 0.717) is 16.5 Å². The monoisotopic (exact) mass is 478 g/mol. The molecule has 3 aromatic rings. The number of thiazole rings is 1. The van der Waals surface area contributed by atoms with Crippen LogP contribution in [0.4, 0.5) is 18.9 Å². The molecule has 1 aliphatic rings. The van der Waals surface area contributed by atoms with Gasteiger partial charge in [-0.25, -0.2) is 4.98 Å². The van der Waals surface area contributed by atoms with Crippen LogP contribution >= 0.6 is 11.3 Å². The zero-order valence-corrected chi connectivity index (χ0v) is 18.4. The van der Waals surface area contributed by atoms with Crippen molar-refractivity contribution in [2.75, 3.05) is 4.90 Å². The van der Waals surface area contributed by atoms with Crippen LogP contribution in [-0.4, -0.2) is 28.1 Å². The van der Waals surface area contributed by atoms with Crippen molar-refractivity contribution < 1.29 is 37.0 Å². The smallest absolute Gasteiger partial charge is 0.503 e. The number of carbonyl (C=O) groups is 2. The van der Waals surface area contributed by atoms with Gasteiger partial charge in [-0.15, -0.1) is 24.5 Å². The maximum Gasteiger partial charge on any atom is 0.573 e. The molecular weight excluding hydrogens is 461 g/mol. The van der Waals surface area contributed by atoms with E-state index in [1.165, 1.54) is 12.1 Å². The fourth-order valence-corrected chi connectivity index (χ4v) is 4.52. The van der Waals surface area contributed by atoms with E-state index in [-0.39, 0.29) is 21.9 Å². The molecule has 0 fully saturated rings. The van der Waals surface area contributed by atoms with Gasteiger partial charge in [-0.2, -0.15) is 0 Å². The van der Waals surface area contributed by atoms with Crippen LogP contribution in [-0.2, 0) is 4.79 Å². The van der Waals surface area contributed by atoms with Crippen LogP contribution in [0, 0.1) is 20.8 Å². The lowest BCUT2D eigenvalue weighted by molar-refractivity contribution is -0.274. The average Bonchev–Trinajstić information content (AvgIpc) is 3.37. The molecule has 1 amide bonds. The first-order valence-electron chi connectivity index (χ1n) is 9.64. The van der Waals surface area contributed by atoms with Gasteiger partial charge in [-0.05, 0) is 57.2 Å². The summed E-state index contributed by atoms with van der Waals surface area (Å²) in [4.78, 5) is 32.0. The van der Waals surface area contributed by atoms with Crippen molar-refractivity contribution in [1.82, 2.24) is 4.98 Å². The highest BCUT2D eigenvalue weighted by molar-refractivity contribution is 7.14. The lowest BCUT2D eigenvalue weighted by atomic mass is 9.99. The van der Waals surface area contributed by atoms with Gasteiger partial charge in [-0.3, -0.25) is 14.5 Å². The van der Waals surface area contributed by atoms with Crippen molar-refractivity contribution in [3.8, 4) is 5.75 Å². The molecule has 0 aliphatic carbocycles. The summed E-state index contributed by atoms with van der Waals surface area (Å²) in [5.41, 5.74) is 0.397. The van der Waals surface area contributed by atoms with Gasteiger partial charge in [-0.1, -0.05) is 0 Å². The van der Waals surface area contributed by atoms with E-state index >= 15 is 0 Å². The molecule has 33 heavy (non-hydrogen) atoms. The molecule has 1 unspecified atom stereocenters. The van der Waals surface area contributed by atoms with Crippen LogP contribution in [0.2, 0.25) is 0 Å². The van der Waals surface area contributed by atoms with Gasteiger partial charge in [0.05, 0.1) is 21.2 Å². The molecule has 1 aromatic carbocycles. The summed E-state index contributed by atoms with van der Waals surface area (Å²) in [6.45, 7) is 5.05. The Morgan fingerprint density at radius 3 is 2.33 bits per heavy atom. The number of hydrogen-bond donors (Lipinski definition) is 1. The standard InChI is InChI=1S/C22H17F3N2O5S/c1-10-4-9-15(31-10)17-16(18(28)20-11(2)26-12(3)33-20)19(29)21(30)27(17)13-5-7-14(8-6-13)32-22(23,24)25/h4-9,17,29H,1-3H3. The minimum absolute atomic E-state index is 0.139. The summed E-state index contributed by atoms with van der Waals surface area (Å²) in [5, 5.41) is 11.3. The normalized spacial score (nSPS) is 16.6. The van der Waals surface area contributed by atoms with E-state index in [9.17, 15) is 27.9 Å². The van der Waals surface area contributed by atoms with Crippen LogP contribution in [0.1, 0.15) is 37.9 Å². The number of furan rings is 1. The first-order chi connectivity index (χ1) is 15.5. The van der Waals surface area contributed by atoms with Gasteiger partial charge in [0, 0.05) is 5.69 Å². The van der Waals surface area contributed by atoms with E-state index in [0.717, 1.165) is 28.4 Å². The van der Waals surface area contributed by atoms with Gasteiger partial charge in [0.2, 0.25) is 5.78 Å². The number of alkyl halides is 3. The topological polar surface area (TPSA) is 92.9 Å². The van der Waals surface area contributed by atoms with Crippen molar-refractivity contribution in [1.29, 1.82) is 0 Å². The maximum atomic E-state index is 13.4. The Bertz CT molecular complexity index is 1270. The molecule has 0 saturated carbocycles. The third-order valence-electron chi connectivity index (χ3n) is 4.94. The highest BCUT2D eigenvalue weighted by Crippen LogP contribution is 2.43. The van der Waals surface area contributed by atoms with E-state index in [1.807, 2.05) is 0 Å². The maximum absolute atomic E-state index is 13.4. The summed E-state index contributed by atoms with van der Waals surface area (Å²) in [6, 6.07) is 6.60. The molecule has 11 heteroatoms. The quantitative estimate of drug-likeness (QED) is 0.498. The predicted molar refractivity (Wildman–Crippen MR) is 112 cm³/mol. The summed E-state index contributed by atoms with van der Waals surface area (Å²) >= 11 is 1.13. The van der Waals surface area contributed by atoms with Crippen LogP contribution in [0.5, 0.6) is 5.75 Å². The third kappa shape index (κ3) is 4.23. The number of amides is 1. The molecule has 1 atom stereocenters. The number of ether oxygens (including phenoxy) is 1. The molecule has 0 saturated heterocycles. The Kier molecular flexibility index (Phi) is 5.52. The molecule has 0 spiro atoms. The Morgan fingerprint density at radius 2 is 1.82 bits per heavy atom. The number of hydrogen-bond acceptors (Lipinski definition) is 7. The van der Waals surface area contributed by atoms with Gasteiger partial charge >= 0.3 is 6.36 Å². The van der Waals surface area contributed by atoms with E-state index in [2.05, 4.69) is 9.72 Å². The zero-order valence-electron chi connectivity index (χ0n) is 17.6. The first kappa shape index (κ1) is 22.6. The number of aliphatic hydroxyl groups excluding tert-OH is 1. The Hall–Kier alpha value is -3.60. The number of rotatable bonds is 5. The summed E-state index contributed by atoms with van der Waals surface area (Å²) in [5.74, 6) is -1.99. The predicted octanol–water partition coefficient (Wildman–Crippen LogP) is 5.34. The Labute approximate surface area is 189 Å². The number of Topliss-reactive ketones (excluding diaryl/α,β-unsaturated/α-hetero) is 1. The number of carbonyl (C=O) groups excluding carboxylic acids is 2. The molecule has 7 nitrogen and oxygen atoms in total. The molecular formula is C22H17F3N2O5S. The van der Waals surface area contributed by atoms with Gasteiger partial charge in [0.15, 0.2) is 5.76 Å². The SMILES string of the molecule is Cc1ccc(C2C(C(=O)c3sc(C)nc3C)=C(O)C(=O)N2c2ccc(OC(F)(F)F)cc2)o1. The number of aryl methyl sites for hydroxylation is 3. The number of aliphatic hydroxyl groups is 1. The van der Waals surface area contributed by atoms with Crippen LogP contribution in [0.3, 0.4) is 0 Å². The number of halogens is 3. The van der Waals surface area contributed by atoms with Crippen molar-refractivity contribution >= 4 is 28.7 Å². The molecule has 2 aromatic heterocycles. The zero-order chi connectivity index (χ0) is 24.1. The molecule has 0 bridgehead atoms. The summed E-state index contributed by atoms with van der Waals surface area (Å²) in [7, 11) is 0. The largest absolute Gasteiger partial charge is 0.573 e. The summed E-state index contributed by atoms with van der Waals surface area (Å²) < 4.78 is 47.0. The molecule has 1 aliphatic heterocycles. The lowest BCUT2D eigenvalue weighted by Crippen LogP contribution is -2.30. The number of anilines is 1. The van der Waals surface area contributed by atoms with Crippen molar-refractivity contribution in [2.45, 2.75) is 33.2 Å². The number of benzene rings is 1. The minimum Gasteiger partial charge on any atom is -0.503 e. The Balaban J connectivity index is 1.79. The second-order valence-corrected chi connectivity index (χ2v) is 8.51. The Morgan fingerprint density at radius 1 is 1.15 bits per heavy atom. The average molecular weight is 478 g/mol. The molecule has 1 N–H and O–H groups in total. The fourth-order valence-electron chi connectivity index (χ4n) is 3.65. The second kappa shape index (κ2) is 8.07. The number of aromatic nitrogens is 1. The van der Waals surface area contributed by atoms with Crippen molar-refractivity contribution in [3.63, 3.8) is 0 Å². The molecule has 172 valence electrons. The molecule has 0 radical (unpaired) electrons. The fraction of sp³-hybridized carbons (Fsp3) is 0.227. The number of nitrogens with zero attached hydrogens (tertiary/aromatic N) is 2. The summed E-state index contributed by atoms with van der Waals surface area (Å²) in [6.07, 6.45) is -4.87. The van der Waals surface area contributed by atoms with E-state index in [4.69, 9.17) is 4.42 Å². The van der Waals surface area contributed by atoms with Gasteiger partial charge in [0.25, 0.3) is 5.91 Å². The van der Waals surface area contributed by atoms with Gasteiger partial charge < -0.3 is 14.3 Å². The minimum atomic E-state index is -4.87. The molecule has 4 rings (SSSR count).